The Labute approximate surface area is 147 Å². The predicted molar refractivity (Wildman–Crippen MR) is 94.7 cm³/mol. The van der Waals surface area contributed by atoms with E-state index in [9.17, 15) is 9.59 Å². The third kappa shape index (κ3) is 3.88. The second-order valence-electron chi connectivity index (χ2n) is 5.86. The van der Waals surface area contributed by atoms with Crippen LogP contribution in [0.1, 0.15) is 30.1 Å². The Bertz CT molecular complexity index is 782. The lowest BCUT2D eigenvalue weighted by molar-refractivity contribution is -0.140. The second kappa shape index (κ2) is 7.48. The third-order valence-electron chi connectivity index (χ3n) is 4.18. The average Bonchev–Trinajstić information content (AvgIpc) is 2.76. The number of methoxy groups -OCH3 is 1. The summed E-state index contributed by atoms with van der Waals surface area (Å²) in [6, 6.07) is 10.1. The van der Waals surface area contributed by atoms with E-state index in [0.29, 0.717) is 17.6 Å². The molecule has 1 aromatic heterocycles. The fourth-order valence-electron chi connectivity index (χ4n) is 2.89. The van der Waals surface area contributed by atoms with Gasteiger partial charge in [0.15, 0.2) is 0 Å². The number of fused-ring (bicyclic) bond motifs is 1. The smallest absolute Gasteiger partial charge is 0.305 e. The number of hydrogen-bond donors (Lipinski definition) is 2. The zero-order chi connectivity index (χ0) is 17.8. The Balaban J connectivity index is 1.96. The van der Waals surface area contributed by atoms with Crippen LogP contribution in [0, 0.1) is 0 Å². The summed E-state index contributed by atoms with van der Waals surface area (Å²) in [4.78, 5) is 28.4. The molecule has 3 rings (SSSR count). The van der Waals surface area contributed by atoms with Crippen molar-refractivity contribution >= 4 is 30.9 Å². The first kappa shape index (κ1) is 17.2. The molecule has 0 fully saturated rings. The maximum absolute atomic E-state index is 12.6. The van der Waals surface area contributed by atoms with Crippen molar-refractivity contribution in [1.82, 2.24) is 10.3 Å². The number of anilines is 1. The number of esters is 1. The van der Waals surface area contributed by atoms with Gasteiger partial charge in [0, 0.05) is 18.3 Å². The SMILES string of the molecule is [B]c1ccc2c(c1)C(c1ccccn1)N[C@@H](CCC(=O)OC)C(=O)N2. The molecule has 0 aliphatic carbocycles. The molecule has 25 heavy (non-hydrogen) atoms. The van der Waals surface area contributed by atoms with Crippen LogP contribution in [0.15, 0.2) is 42.6 Å². The molecular formula is C18H18BN3O3. The number of rotatable bonds is 4. The van der Waals surface area contributed by atoms with E-state index in [2.05, 4.69) is 20.4 Å². The van der Waals surface area contributed by atoms with Crippen molar-refractivity contribution in [2.75, 3.05) is 12.4 Å². The summed E-state index contributed by atoms with van der Waals surface area (Å²) in [6.07, 6.45) is 2.17. The topological polar surface area (TPSA) is 80.3 Å². The molecule has 1 unspecified atom stereocenters. The number of carbonyl (C=O) groups excluding carboxylic acids is 2. The molecule has 2 N–H and O–H groups in total. The van der Waals surface area contributed by atoms with E-state index in [0.717, 1.165) is 11.3 Å². The van der Waals surface area contributed by atoms with E-state index >= 15 is 0 Å². The van der Waals surface area contributed by atoms with E-state index in [4.69, 9.17) is 7.85 Å². The minimum absolute atomic E-state index is 0.148. The monoisotopic (exact) mass is 335 g/mol. The number of benzene rings is 1. The summed E-state index contributed by atoms with van der Waals surface area (Å²) >= 11 is 0. The molecule has 0 saturated heterocycles. The molecular weight excluding hydrogens is 317 g/mol. The van der Waals surface area contributed by atoms with Crippen molar-refractivity contribution in [3.8, 4) is 0 Å². The highest BCUT2D eigenvalue weighted by molar-refractivity contribution is 6.32. The first-order valence-corrected chi connectivity index (χ1v) is 8.02. The van der Waals surface area contributed by atoms with Crippen molar-refractivity contribution < 1.29 is 14.3 Å². The maximum Gasteiger partial charge on any atom is 0.305 e. The minimum atomic E-state index is -0.556. The molecule has 1 amide bonds. The summed E-state index contributed by atoms with van der Waals surface area (Å²) in [5.74, 6) is -0.552. The van der Waals surface area contributed by atoms with Gasteiger partial charge in [0.1, 0.15) is 7.85 Å². The molecule has 0 saturated carbocycles. The number of amides is 1. The van der Waals surface area contributed by atoms with Gasteiger partial charge in [-0.25, -0.2) is 0 Å². The second-order valence-corrected chi connectivity index (χ2v) is 5.86. The van der Waals surface area contributed by atoms with Crippen LogP contribution in [-0.2, 0) is 14.3 Å². The molecule has 2 heterocycles. The van der Waals surface area contributed by atoms with Crippen LogP contribution in [0.4, 0.5) is 5.69 Å². The molecule has 0 spiro atoms. The maximum atomic E-state index is 12.6. The number of pyridine rings is 1. The normalized spacial score (nSPS) is 19.5. The quantitative estimate of drug-likeness (QED) is 0.639. The first-order chi connectivity index (χ1) is 12.1. The van der Waals surface area contributed by atoms with E-state index in [-0.39, 0.29) is 24.3 Å². The summed E-state index contributed by atoms with van der Waals surface area (Å²) < 4.78 is 4.67. The molecule has 1 aliphatic heterocycles. The molecule has 1 aliphatic rings. The lowest BCUT2D eigenvalue weighted by atomic mass is 9.90. The van der Waals surface area contributed by atoms with Crippen molar-refractivity contribution in [3.63, 3.8) is 0 Å². The standard InChI is InChI=1S/C18H18BN3O3/c1-25-16(23)8-7-15-18(24)22-13-6-5-11(19)10-12(13)17(21-15)14-4-2-3-9-20-14/h2-6,9-10,15,17,21H,7-8H2,1H3,(H,22,24)/t15-,17?/m0/s1. The van der Waals surface area contributed by atoms with Gasteiger partial charge in [0.25, 0.3) is 0 Å². The van der Waals surface area contributed by atoms with Gasteiger partial charge in [-0.3, -0.25) is 19.9 Å². The van der Waals surface area contributed by atoms with Crippen LogP contribution in [0.25, 0.3) is 0 Å². The number of aromatic nitrogens is 1. The van der Waals surface area contributed by atoms with Gasteiger partial charge in [-0.2, -0.15) is 0 Å². The predicted octanol–water partition coefficient (Wildman–Crippen LogP) is 0.828. The van der Waals surface area contributed by atoms with E-state index in [1.165, 1.54) is 7.11 Å². The first-order valence-electron chi connectivity index (χ1n) is 8.02. The van der Waals surface area contributed by atoms with Crippen LogP contribution in [0.5, 0.6) is 0 Å². The Morgan fingerprint density at radius 2 is 2.16 bits per heavy atom. The largest absolute Gasteiger partial charge is 0.469 e. The summed E-state index contributed by atoms with van der Waals surface area (Å²) in [5.41, 5.74) is 2.90. The molecule has 7 heteroatoms. The van der Waals surface area contributed by atoms with Gasteiger partial charge in [-0.05, 0) is 30.2 Å². The van der Waals surface area contributed by atoms with Crippen LogP contribution < -0.4 is 16.1 Å². The Hall–Kier alpha value is -2.67. The molecule has 2 atom stereocenters. The highest BCUT2D eigenvalue weighted by atomic mass is 16.5. The van der Waals surface area contributed by atoms with Gasteiger partial charge in [-0.1, -0.05) is 23.7 Å². The van der Waals surface area contributed by atoms with E-state index in [1.807, 2.05) is 24.3 Å². The van der Waals surface area contributed by atoms with Gasteiger partial charge in [0.05, 0.1) is 24.9 Å². The minimum Gasteiger partial charge on any atom is -0.469 e. The van der Waals surface area contributed by atoms with Crippen molar-refractivity contribution in [2.24, 2.45) is 0 Å². The lowest BCUT2D eigenvalue weighted by Gasteiger charge is -2.22. The van der Waals surface area contributed by atoms with Gasteiger partial charge < -0.3 is 10.1 Å². The fraction of sp³-hybridized carbons (Fsp3) is 0.278. The third-order valence-corrected chi connectivity index (χ3v) is 4.18. The molecule has 126 valence electrons. The number of nitrogens with one attached hydrogen (secondary N) is 2. The van der Waals surface area contributed by atoms with Crippen LogP contribution in [-0.4, -0.2) is 37.9 Å². The summed E-state index contributed by atoms with van der Waals surface area (Å²) in [5, 5.41) is 6.21. The zero-order valence-electron chi connectivity index (χ0n) is 13.9. The molecule has 6 nitrogen and oxygen atoms in total. The van der Waals surface area contributed by atoms with Crippen LogP contribution >= 0.6 is 0 Å². The van der Waals surface area contributed by atoms with Gasteiger partial charge in [-0.15, -0.1) is 0 Å². The fourth-order valence-corrected chi connectivity index (χ4v) is 2.89. The molecule has 2 aromatic rings. The summed E-state index contributed by atoms with van der Waals surface area (Å²) in [7, 11) is 7.27. The lowest BCUT2D eigenvalue weighted by Crippen LogP contribution is -2.40. The number of hydrogen-bond acceptors (Lipinski definition) is 5. The van der Waals surface area contributed by atoms with E-state index < -0.39 is 6.04 Å². The van der Waals surface area contributed by atoms with Crippen molar-refractivity contribution in [1.29, 1.82) is 0 Å². The molecule has 1 aromatic carbocycles. The van der Waals surface area contributed by atoms with E-state index in [1.54, 1.807) is 18.3 Å². The highest BCUT2D eigenvalue weighted by Crippen LogP contribution is 2.30. The zero-order valence-corrected chi connectivity index (χ0v) is 13.9. The Morgan fingerprint density at radius 3 is 2.88 bits per heavy atom. The van der Waals surface area contributed by atoms with Crippen molar-refractivity contribution in [2.45, 2.75) is 24.9 Å². The average molecular weight is 335 g/mol. The van der Waals surface area contributed by atoms with Gasteiger partial charge in [0.2, 0.25) is 5.91 Å². The number of ether oxygens (including phenoxy) is 1. The molecule has 2 radical (unpaired) electrons. The Kier molecular flexibility index (Phi) is 5.14. The number of nitrogens with zero attached hydrogens (tertiary/aromatic N) is 1. The molecule has 0 bridgehead atoms. The highest BCUT2D eigenvalue weighted by Gasteiger charge is 2.31. The van der Waals surface area contributed by atoms with Crippen LogP contribution in [0.2, 0.25) is 0 Å². The number of carbonyl (C=O) groups is 2. The summed E-state index contributed by atoms with van der Waals surface area (Å²) in [6.45, 7) is 0. The van der Waals surface area contributed by atoms with Crippen molar-refractivity contribution in [3.05, 3.63) is 53.9 Å². The van der Waals surface area contributed by atoms with Crippen LogP contribution in [0.3, 0.4) is 0 Å². The van der Waals surface area contributed by atoms with Gasteiger partial charge >= 0.3 is 5.97 Å². The Morgan fingerprint density at radius 1 is 1.32 bits per heavy atom.